The molecule has 1 fully saturated rings. The number of benzene rings is 1. The largest absolute Gasteiger partial charge is 0.497 e. The summed E-state index contributed by atoms with van der Waals surface area (Å²) in [6.45, 7) is 1.55. The number of sulfonamides is 1. The molecule has 1 aromatic carbocycles. The van der Waals surface area contributed by atoms with E-state index in [0.29, 0.717) is 11.5 Å². The highest BCUT2D eigenvalue weighted by Gasteiger charge is 2.34. The van der Waals surface area contributed by atoms with Gasteiger partial charge in [-0.05, 0) is 31.9 Å². The number of anilines is 1. The minimum absolute atomic E-state index is 0.151. The summed E-state index contributed by atoms with van der Waals surface area (Å²) in [7, 11) is -0.767. The van der Waals surface area contributed by atoms with E-state index in [9.17, 15) is 13.2 Å². The number of amides is 1. The number of hydrogen-bond acceptors (Lipinski definition) is 5. The third kappa shape index (κ3) is 4.07. The summed E-state index contributed by atoms with van der Waals surface area (Å²) in [5.41, 5.74) is 0.271. The van der Waals surface area contributed by atoms with Crippen LogP contribution in [0.25, 0.3) is 0 Å². The highest BCUT2D eigenvalue weighted by atomic mass is 32.2. The lowest BCUT2D eigenvalue weighted by atomic mass is 10.2. The Hall–Kier alpha value is -1.96. The Morgan fingerprint density at radius 2 is 1.96 bits per heavy atom. The molecule has 128 valence electrons. The SMILES string of the molecule is COc1ccc(OC)c(N([C@H](C)C(=O)NC2CC2)S(C)(=O)=O)c1. The number of rotatable bonds is 7. The molecule has 8 heteroatoms. The van der Waals surface area contributed by atoms with Crippen molar-refractivity contribution in [2.24, 2.45) is 0 Å². The predicted molar refractivity (Wildman–Crippen MR) is 87.5 cm³/mol. The van der Waals surface area contributed by atoms with Gasteiger partial charge in [-0.3, -0.25) is 9.10 Å². The van der Waals surface area contributed by atoms with Crippen molar-refractivity contribution >= 4 is 21.6 Å². The van der Waals surface area contributed by atoms with Gasteiger partial charge in [0.25, 0.3) is 0 Å². The molecule has 23 heavy (non-hydrogen) atoms. The second kappa shape index (κ2) is 6.66. The minimum Gasteiger partial charge on any atom is -0.497 e. The van der Waals surface area contributed by atoms with Crippen molar-refractivity contribution in [1.82, 2.24) is 5.32 Å². The fourth-order valence-corrected chi connectivity index (χ4v) is 3.47. The maximum absolute atomic E-state index is 12.3. The smallest absolute Gasteiger partial charge is 0.243 e. The monoisotopic (exact) mass is 342 g/mol. The van der Waals surface area contributed by atoms with Gasteiger partial charge in [-0.2, -0.15) is 0 Å². The summed E-state index contributed by atoms with van der Waals surface area (Å²) in [4.78, 5) is 12.3. The molecule has 1 aromatic rings. The van der Waals surface area contributed by atoms with Crippen molar-refractivity contribution in [3.8, 4) is 11.5 Å². The van der Waals surface area contributed by atoms with Crippen LogP contribution >= 0.6 is 0 Å². The lowest BCUT2D eigenvalue weighted by molar-refractivity contribution is -0.121. The van der Waals surface area contributed by atoms with Crippen molar-refractivity contribution in [3.63, 3.8) is 0 Å². The van der Waals surface area contributed by atoms with Gasteiger partial charge in [0.1, 0.15) is 17.5 Å². The number of methoxy groups -OCH3 is 2. The normalized spacial score (nSPS) is 15.7. The van der Waals surface area contributed by atoms with E-state index in [1.807, 2.05) is 0 Å². The highest BCUT2D eigenvalue weighted by Crippen LogP contribution is 2.35. The Labute approximate surface area is 136 Å². The van der Waals surface area contributed by atoms with Gasteiger partial charge in [0.15, 0.2) is 0 Å². The first-order chi connectivity index (χ1) is 10.8. The first-order valence-corrected chi connectivity index (χ1v) is 9.14. The molecule has 0 bridgehead atoms. The lowest BCUT2D eigenvalue weighted by Crippen LogP contribution is -2.48. The number of carbonyl (C=O) groups excluding carboxylic acids is 1. The van der Waals surface area contributed by atoms with Crippen molar-refractivity contribution < 1.29 is 22.7 Å². The summed E-state index contributed by atoms with van der Waals surface area (Å²) < 4.78 is 36.1. The molecule has 1 atom stereocenters. The number of nitrogens with one attached hydrogen (secondary N) is 1. The van der Waals surface area contributed by atoms with Gasteiger partial charge in [-0.15, -0.1) is 0 Å². The highest BCUT2D eigenvalue weighted by molar-refractivity contribution is 7.92. The Balaban J connectivity index is 2.44. The van der Waals surface area contributed by atoms with Crippen molar-refractivity contribution in [3.05, 3.63) is 18.2 Å². The lowest BCUT2D eigenvalue weighted by Gasteiger charge is -2.29. The summed E-state index contributed by atoms with van der Waals surface area (Å²) in [6, 6.07) is 4.07. The number of ether oxygens (including phenoxy) is 2. The molecule has 0 aliphatic heterocycles. The van der Waals surface area contributed by atoms with Crippen LogP contribution in [0.1, 0.15) is 19.8 Å². The molecule has 0 aromatic heterocycles. The van der Waals surface area contributed by atoms with E-state index >= 15 is 0 Å². The zero-order valence-corrected chi connectivity index (χ0v) is 14.5. The molecule has 1 saturated carbocycles. The van der Waals surface area contributed by atoms with Crippen LogP contribution in [0.15, 0.2) is 18.2 Å². The van der Waals surface area contributed by atoms with Gasteiger partial charge in [-0.25, -0.2) is 8.42 Å². The fourth-order valence-electron chi connectivity index (χ4n) is 2.30. The average Bonchev–Trinajstić information content (AvgIpc) is 3.29. The average molecular weight is 342 g/mol. The van der Waals surface area contributed by atoms with E-state index in [2.05, 4.69) is 5.32 Å². The maximum Gasteiger partial charge on any atom is 0.243 e. The van der Waals surface area contributed by atoms with Gasteiger partial charge in [0, 0.05) is 12.1 Å². The fraction of sp³-hybridized carbons (Fsp3) is 0.533. The second-order valence-corrected chi connectivity index (χ2v) is 7.41. The Morgan fingerprint density at radius 1 is 1.30 bits per heavy atom. The molecular weight excluding hydrogens is 320 g/mol. The summed E-state index contributed by atoms with van der Waals surface area (Å²) in [6.07, 6.45) is 2.92. The van der Waals surface area contributed by atoms with Crippen LogP contribution < -0.4 is 19.1 Å². The van der Waals surface area contributed by atoms with Crippen LogP contribution in [-0.4, -0.2) is 46.9 Å². The number of carbonyl (C=O) groups is 1. The summed E-state index contributed by atoms with van der Waals surface area (Å²) >= 11 is 0. The third-order valence-corrected chi connectivity index (χ3v) is 4.86. The molecular formula is C15H22N2O5S. The molecule has 7 nitrogen and oxygen atoms in total. The first kappa shape index (κ1) is 17.4. The molecule has 1 N–H and O–H groups in total. The van der Waals surface area contributed by atoms with Crippen LogP contribution in [0.4, 0.5) is 5.69 Å². The van der Waals surface area contributed by atoms with Gasteiger partial charge >= 0.3 is 0 Å². The van der Waals surface area contributed by atoms with Crippen LogP contribution in [-0.2, 0) is 14.8 Å². The van der Waals surface area contributed by atoms with E-state index < -0.39 is 16.1 Å². The maximum atomic E-state index is 12.3. The minimum atomic E-state index is -3.70. The Bertz CT molecular complexity index is 685. The molecule has 0 spiro atoms. The Morgan fingerprint density at radius 3 is 2.43 bits per heavy atom. The molecule has 0 radical (unpaired) electrons. The molecule has 1 aliphatic rings. The van der Waals surface area contributed by atoms with E-state index in [1.165, 1.54) is 14.2 Å². The zero-order valence-electron chi connectivity index (χ0n) is 13.7. The molecule has 1 aliphatic carbocycles. The predicted octanol–water partition coefficient (Wildman–Crippen LogP) is 1.14. The van der Waals surface area contributed by atoms with E-state index in [1.54, 1.807) is 25.1 Å². The van der Waals surface area contributed by atoms with Gasteiger partial charge in [0.05, 0.1) is 26.2 Å². The Kier molecular flexibility index (Phi) is 5.03. The topological polar surface area (TPSA) is 84.9 Å². The van der Waals surface area contributed by atoms with Crippen LogP contribution in [0, 0.1) is 0 Å². The van der Waals surface area contributed by atoms with Gasteiger partial charge in [0.2, 0.25) is 15.9 Å². The van der Waals surface area contributed by atoms with E-state index in [-0.39, 0.29) is 17.6 Å². The first-order valence-electron chi connectivity index (χ1n) is 7.29. The van der Waals surface area contributed by atoms with Gasteiger partial charge in [-0.1, -0.05) is 0 Å². The van der Waals surface area contributed by atoms with Crippen LogP contribution in [0.2, 0.25) is 0 Å². The molecule has 2 rings (SSSR count). The molecule has 1 amide bonds. The summed E-state index contributed by atoms with van der Waals surface area (Å²) in [5.74, 6) is 0.495. The van der Waals surface area contributed by atoms with Crippen molar-refractivity contribution in [1.29, 1.82) is 0 Å². The molecule has 0 heterocycles. The summed E-state index contributed by atoms with van der Waals surface area (Å²) in [5, 5.41) is 2.82. The van der Waals surface area contributed by atoms with E-state index in [4.69, 9.17) is 9.47 Å². The van der Waals surface area contributed by atoms with Crippen molar-refractivity contribution in [2.75, 3.05) is 24.8 Å². The zero-order chi connectivity index (χ0) is 17.2. The van der Waals surface area contributed by atoms with E-state index in [0.717, 1.165) is 23.4 Å². The molecule has 0 unspecified atom stereocenters. The number of nitrogens with zero attached hydrogens (tertiary/aromatic N) is 1. The quantitative estimate of drug-likeness (QED) is 0.803. The van der Waals surface area contributed by atoms with Crippen molar-refractivity contribution in [2.45, 2.75) is 31.8 Å². The van der Waals surface area contributed by atoms with Gasteiger partial charge < -0.3 is 14.8 Å². The standard InChI is InChI=1S/C15H22N2O5S/c1-10(15(18)16-11-5-6-11)17(23(4,19)20)13-9-12(21-2)7-8-14(13)22-3/h7-11H,5-6H2,1-4H3,(H,16,18)/t10-/m1/s1. The van der Waals surface area contributed by atoms with Crippen LogP contribution in [0.3, 0.4) is 0 Å². The second-order valence-electron chi connectivity index (χ2n) is 5.56. The molecule has 0 saturated heterocycles. The number of hydrogen-bond donors (Lipinski definition) is 1. The third-order valence-electron chi connectivity index (χ3n) is 3.64. The van der Waals surface area contributed by atoms with Crippen LogP contribution in [0.5, 0.6) is 11.5 Å².